The fraction of sp³-hybridized carbons (Fsp3) is 0.286. The van der Waals surface area contributed by atoms with Crippen LogP contribution in [-0.2, 0) is 11.8 Å². The second kappa shape index (κ2) is 9.33. The number of nitrogens with zero attached hydrogens (tertiary/aromatic N) is 3. The van der Waals surface area contributed by atoms with E-state index < -0.39 is 0 Å². The Labute approximate surface area is 179 Å². The van der Waals surface area contributed by atoms with Crippen LogP contribution in [0.15, 0.2) is 47.6 Å². The van der Waals surface area contributed by atoms with Crippen LogP contribution in [0, 0.1) is 0 Å². The summed E-state index contributed by atoms with van der Waals surface area (Å²) in [6.45, 7) is 4.27. The molecule has 1 amide bonds. The van der Waals surface area contributed by atoms with Crippen LogP contribution in [0.25, 0.3) is 11.4 Å². The number of hydrogen-bond donors (Lipinski definition) is 1. The first-order chi connectivity index (χ1) is 13.9. The molecule has 0 fully saturated rings. The monoisotopic (exact) mass is 430 g/mol. The lowest BCUT2D eigenvalue weighted by atomic mass is 10.0. The van der Waals surface area contributed by atoms with Crippen molar-refractivity contribution in [2.75, 3.05) is 18.2 Å². The number of hydrogen-bond acceptors (Lipinski definition) is 5. The molecule has 0 bridgehead atoms. The molecule has 29 heavy (non-hydrogen) atoms. The number of aromatic nitrogens is 3. The fourth-order valence-electron chi connectivity index (χ4n) is 2.81. The molecule has 6 nitrogen and oxygen atoms in total. The van der Waals surface area contributed by atoms with Gasteiger partial charge in [0.15, 0.2) is 11.0 Å². The SMILES string of the molecule is COc1ccc(Cl)cc1-c1nnc(SCC(=O)Nc2ccc(C(C)C)cc2)n1C. The van der Waals surface area contributed by atoms with Crippen LogP contribution in [0.1, 0.15) is 25.3 Å². The number of halogens is 1. The third-order valence-electron chi connectivity index (χ3n) is 4.43. The number of benzene rings is 2. The van der Waals surface area contributed by atoms with Crippen molar-refractivity contribution in [3.63, 3.8) is 0 Å². The molecule has 0 saturated carbocycles. The van der Waals surface area contributed by atoms with Crippen LogP contribution >= 0.6 is 23.4 Å². The zero-order chi connectivity index (χ0) is 21.0. The molecule has 8 heteroatoms. The standard InChI is InChI=1S/C21H23ClN4O2S/c1-13(2)14-5-8-16(9-6-14)23-19(27)12-29-21-25-24-20(26(21)3)17-11-15(22)7-10-18(17)28-4/h5-11,13H,12H2,1-4H3,(H,23,27). The molecule has 0 saturated heterocycles. The van der Waals surface area contributed by atoms with Gasteiger partial charge in [0.05, 0.1) is 18.4 Å². The molecular weight excluding hydrogens is 408 g/mol. The maximum atomic E-state index is 12.3. The Kier molecular flexibility index (Phi) is 6.82. The summed E-state index contributed by atoms with van der Waals surface area (Å²) in [4.78, 5) is 12.3. The Morgan fingerprint density at radius 3 is 2.59 bits per heavy atom. The Morgan fingerprint density at radius 1 is 1.21 bits per heavy atom. The van der Waals surface area contributed by atoms with Crippen molar-refractivity contribution in [2.24, 2.45) is 7.05 Å². The van der Waals surface area contributed by atoms with E-state index in [0.29, 0.717) is 27.7 Å². The Bertz CT molecular complexity index is 1000. The molecule has 152 valence electrons. The first-order valence-electron chi connectivity index (χ1n) is 9.15. The van der Waals surface area contributed by atoms with Crippen molar-refractivity contribution in [2.45, 2.75) is 24.9 Å². The van der Waals surface area contributed by atoms with Crippen molar-refractivity contribution >= 4 is 35.0 Å². The topological polar surface area (TPSA) is 69.0 Å². The van der Waals surface area contributed by atoms with Gasteiger partial charge >= 0.3 is 0 Å². The molecule has 1 heterocycles. The molecule has 0 radical (unpaired) electrons. The minimum absolute atomic E-state index is 0.0998. The van der Waals surface area contributed by atoms with E-state index in [2.05, 4.69) is 29.4 Å². The van der Waals surface area contributed by atoms with Crippen LogP contribution in [0.3, 0.4) is 0 Å². The quantitative estimate of drug-likeness (QED) is 0.534. The van der Waals surface area contributed by atoms with Gasteiger partial charge in [-0.1, -0.05) is 49.3 Å². The van der Waals surface area contributed by atoms with Gasteiger partial charge in [0.25, 0.3) is 0 Å². The van der Waals surface area contributed by atoms with Crippen LogP contribution in [-0.4, -0.2) is 33.5 Å². The van der Waals surface area contributed by atoms with Crippen LogP contribution in [0.4, 0.5) is 5.69 Å². The van der Waals surface area contributed by atoms with Gasteiger partial charge in [0, 0.05) is 17.8 Å². The van der Waals surface area contributed by atoms with Crippen molar-refractivity contribution < 1.29 is 9.53 Å². The number of amides is 1. The number of thioether (sulfide) groups is 1. The van der Waals surface area contributed by atoms with Crippen molar-refractivity contribution in [3.8, 4) is 17.1 Å². The first kappa shape index (κ1) is 21.2. The second-order valence-electron chi connectivity index (χ2n) is 6.82. The van der Waals surface area contributed by atoms with Crippen molar-refractivity contribution in [3.05, 3.63) is 53.1 Å². The van der Waals surface area contributed by atoms with E-state index in [9.17, 15) is 4.79 Å². The summed E-state index contributed by atoms with van der Waals surface area (Å²) in [5.74, 6) is 1.86. The van der Waals surface area contributed by atoms with E-state index in [0.717, 1.165) is 11.3 Å². The van der Waals surface area contributed by atoms with E-state index in [1.165, 1.54) is 17.3 Å². The summed E-state index contributed by atoms with van der Waals surface area (Å²) in [7, 11) is 3.44. The number of carbonyl (C=O) groups excluding carboxylic acids is 1. The molecule has 0 unspecified atom stereocenters. The van der Waals surface area contributed by atoms with Crippen molar-refractivity contribution in [1.29, 1.82) is 0 Å². The maximum Gasteiger partial charge on any atom is 0.234 e. The molecule has 2 aromatic carbocycles. The molecule has 0 atom stereocenters. The Balaban J connectivity index is 1.66. The lowest BCUT2D eigenvalue weighted by Crippen LogP contribution is -2.14. The molecule has 0 aliphatic heterocycles. The molecule has 3 aromatic rings. The van der Waals surface area contributed by atoms with Gasteiger partial charge in [0.1, 0.15) is 5.75 Å². The van der Waals surface area contributed by atoms with E-state index in [-0.39, 0.29) is 11.7 Å². The largest absolute Gasteiger partial charge is 0.496 e. The third-order valence-corrected chi connectivity index (χ3v) is 5.69. The summed E-state index contributed by atoms with van der Waals surface area (Å²) in [6, 6.07) is 13.2. The average molecular weight is 431 g/mol. The van der Waals surface area contributed by atoms with Gasteiger partial charge in [0.2, 0.25) is 5.91 Å². The van der Waals surface area contributed by atoms with Crippen LogP contribution < -0.4 is 10.1 Å². The summed E-state index contributed by atoms with van der Waals surface area (Å²) in [5, 5.41) is 12.6. The van der Waals surface area contributed by atoms with Gasteiger partial charge in [-0.15, -0.1) is 10.2 Å². The van der Waals surface area contributed by atoms with Crippen molar-refractivity contribution in [1.82, 2.24) is 14.8 Å². The number of ether oxygens (including phenoxy) is 1. The first-order valence-corrected chi connectivity index (χ1v) is 10.5. The summed E-state index contributed by atoms with van der Waals surface area (Å²) < 4.78 is 7.22. The predicted molar refractivity (Wildman–Crippen MR) is 118 cm³/mol. The molecule has 0 aliphatic rings. The highest BCUT2D eigenvalue weighted by Gasteiger charge is 2.17. The smallest absolute Gasteiger partial charge is 0.234 e. The van der Waals surface area contributed by atoms with E-state index in [1.807, 2.05) is 35.9 Å². The Hall–Kier alpha value is -2.51. The number of rotatable bonds is 7. The summed E-state index contributed by atoms with van der Waals surface area (Å²) >= 11 is 7.44. The Morgan fingerprint density at radius 2 is 1.93 bits per heavy atom. The van der Waals surface area contributed by atoms with Gasteiger partial charge in [-0.3, -0.25) is 4.79 Å². The molecule has 1 aromatic heterocycles. The maximum absolute atomic E-state index is 12.3. The van der Waals surface area contributed by atoms with E-state index in [1.54, 1.807) is 25.3 Å². The predicted octanol–water partition coefficient (Wildman–Crippen LogP) is 5.00. The molecule has 0 aliphatic carbocycles. The van der Waals surface area contributed by atoms with E-state index >= 15 is 0 Å². The second-order valence-corrected chi connectivity index (χ2v) is 8.20. The van der Waals surface area contributed by atoms with Gasteiger partial charge < -0.3 is 14.6 Å². The zero-order valence-electron chi connectivity index (χ0n) is 16.8. The highest BCUT2D eigenvalue weighted by Crippen LogP contribution is 2.32. The minimum atomic E-state index is -0.0998. The van der Waals surface area contributed by atoms with E-state index in [4.69, 9.17) is 16.3 Å². The number of methoxy groups -OCH3 is 1. The molecular formula is C21H23ClN4O2S. The lowest BCUT2D eigenvalue weighted by molar-refractivity contribution is -0.113. The van der Waals surface area contributed by atoms with Crippen LogP contribution in [0.2, 0.25) is 5.02 Å². The average Bonchev–Trinajstić information content (AvgIpc) is 3.07. The summed E-state index contributed by atoms with van der Waals surface area (Å²) in [6.07, 6.45) is 0. The zero-order valence-corrected chi connectivity index (χ0v) is 18.3. The fourth-order valence-corrected chi connectivity index (χ4v) is 3.69. The summed E-state index contributed by atoms with van der Waals surface area (Å²) in [5.41, 5.74) is 2.76. The normalized spacial score (nSPS) is 11.0. The third kappa shape index (κ3) is 5.10. The molecule has 0 spiro atoms. The highest BCUT2D eigenvalue weighted by molar-refractivity contribution is 7.99. The van der Waals surface area contributed by atoms with Crippen LogP contribution in [0.5, 0.6) is 5.75 Å². The molecule has 1 N–H and O–H groups in total. The molecule has 3 rings (SSSR count). The lowest BCUT2D eigenvalue weighted by Gasteiger charge is -2.09. The highest BCUT2D eigenvalue weighted by atomic mass is 35.5. The van der Waals surface area contributed by atoms with Gasteiger partial charge in [-0.2, -0.15) is 0 Å². The number of carbonyl (C=O) groups is 1. The minimum Gasteiger partial charge on any atom is -0.496 e. The van der Waals surface area contributed by atoms with Gasteiger partial charge in [-0.05, 0) is 41.8 Å². The number of anilines is 1. The number of nitrogens with one attached hydrogen (secondary N) is 1. The van der Waals surface area contributed by atoms with Gasteiger partial charge in [-0.25, -0.2) is 0 Å².